The number of piperazine rings is 1. The van der Waals surface area contributed by atoms with Crippen molar-refractivity contribution in [1.82, 2.24) is 9.80 Å². The monoisotopic (exact) mass is 533 g/mol. The Labute approximate surface area is 233 Å². The number of piperidine rings is 2. The van der Waals surface area contributed by atoms with Crippen LogP contribution in [0.4, 0.5) is 5.69 Å². The molecule has 3 heterocycles. The van der Waals surface area contributed by atoms with Crippen molar-refractivity contribution in [3.8, 4) is 5.75 Å². The van der Waals surface area contributed by atoms with Crippen molar-refractivity contribution < 1.29 is 14.9 Å². The molecular formula is C31H45N6O2+. The largest absolute Gasteiger partial charge is 0.497 e. The van der Waals surface area contributed by atoms with Gasteiger partial charge in [-0.15, -0.1) is 0 Å². The van der Waals surface area contributed by atoms with Gasteiger partial charge in [-0.3, -0.25) is 20.2 Å². The van der Waals surface area contributed by atoms with Crippen LogP contribution in [0.1, 0.15) is 48.8 Å². The molecule has 0 aromatic heterocycles. The number of ether oxygens (including phenoxy) is 2. The lowest BCUT2D eigenvalue weighted by Crippen LogP contribution is -2.54. The minimum atomic E-state index is 0.199. The molecule has 0 radical (unpaired) electrons. The van der Waals surface area contributed by atoms with E-state index < -0.39 is 0 Å². The van der Waals surface area contributed by atoms with Gasteiger partial charge in [0.15, 0.2) is 0 Å². The first-order valence-corrected chi connectivity index (χ1v) is 14.5. The second kappa shape index (κ2) is 12.9. The SMILES string of the molecule is COCC(=[NH2+])c1ccc(OC)cc1C(N)=NC1CCN(Cc2ccc(N3CCN4CCCCC4C3)cc2)CC1. The smallest absolute Gasteiger partial charge is 0.206 e. The van der Waals surface area contributed by atoms with Gasteiger partial charge in [-0.2, -0.15) is 0 Å². The molecule has 1 atom stereocenters. The number of benzene rings is 2. The van der Waals surface area contributed by atoms with E-state index in [4.69, 9.17) is 25.6 Å². The van der Waals surface area contributed by atoms with E-state index in [0.717, 1.165) is 61.9 Å². The molecule has 0 amide bonds. The first-order valence-electron chi connectivity index (χ1n) is 14.5. The van der Waals surface area contributed by atoms with Crippen molar-refractivity contribution in [2.45, 2.75) is 50.7 Å². The van der Waals surface area contributed by atoms with Gasteiger partial charge in [0.2, 0.25) is 5.71 Å². The zero-order chi connectivity index (χ0) is 27.2. The molecule has 2 aromatic rings. The molecule has 4 N–H and O–H groups in total. The normalized spacial score (nSPS) is 21.5. The minimum Gasteiger partial charge on any atom is -0.497 e. The van der Waals surface area contributed by atoms with Crippen molar-refractivity contribution in [2.75, 3.05) is 65.0 Å². The number of aliphatic imine (C=N–C) groups is 1. The second-order valence-electron chi connectivity index (χ2n) is 11.2. The number of fused-ring (bicyclic) bond motifs is 1. The summed E-state index contributed by atoms with van der Waals surface area (Å²) in [6.07, 6.45) is 6.07. The van der Waals surface area contributed by atoms with E-state index in [1.807, 2.05) is 18.2 Å². The number of likely N-dealkylation sites (tertiary alicyclic amines) is 1. The third-order valence-corrected chi connectivity index (χ3v) is 8.57. The maximum Gasteiger partial charge on any atom is 0.206 e. The summed E-state index contributed by atoms with van der Waals surface area (Å²) in [6, 6.07) is 15.9. The molecule has 3 aliphatic rings. The Morgan fingerprint density at radius 3 is 2.49 bits per heavy atom. The number of rotatable bonds is 9. The number of amidine groups is 1. The predicted octanol–water partition coefficient (Wildman–Crippen LogP) is 1.93. The Balaban J connectivity index is 1.15. The quantitative estimate of drug-likeness (QED) is 0.378. The highest BCUT2D eigenvalue weighted by Gasteiger charge is 2.29. The van der Waals surface area contributed by atoms with Gasteiger partial charge in [-0.05, 0) is 68.1 Å². The van der Waals surface area contributed by atoms with E-state index in [-0.39, 0.29) is 6.04 Å². The van der Waals surface area contributed by atoms with Crippen LogP contribution in [0.15, 0.2) is 47.5 Å². The summed E-state index contributed by atoms with van der Waals surface area (Å²) in [6.45, 7) is 8.13. The molecule has 8 heteroatoms. The molecule has 2 aromatic carbocycles. The summed E-state index contributed by atoms with van der Waals surface area (Å²) >= 11 is 0. The first-order chi connectivity index (χ1) is 19.0. The van der Waals surface area contributed by atoms with Gasteiger partial charge < -0.3 is 20.1 Å². The fourth-order valence-corrected chi connectivity index (χ4v) is 6.31. The van der Waals surface area contributed by atoms with Crippen LogP contribution in [0.5, 0.6) is 5.75 Å². The van der Waals surface area contributed by atoms with Crippen LogP contribution in [-0.4, -0.2) is 93.5 Å². The molecule has 8 nitrogen and oxygen atoms in total. The standard InChI is InChI=1S/C31H44N6O2/c1-38-22-30(32)28-11-10-27(39-2)19-29(28)31(33)34-24-12-15-35(16-13-24)20-23-6-8-25(9-7-23)37-18-17-36-14-4-3-5-26(36)21-37/h6-11,19,24,26,32H,3-5,12-18,20-22H2,1-2H3,(H2,33,34)/p+1. The summed E-state index contributed by atoms with van der Waals surface area (Å²) < 4.78 is 10.7. The third-order valence-electron chi connectivity index (χ3n) is 8.57. The zero-order valence-electron chi connectivity index (χ0n) is 23.6. The molecule has 5 rings (SSSR count). The van der Waals surface area contributed by atoms with Crippen molar-refractivity contribution >= 4 is 17.2 Å². The Morgan fingerprint density at radius 2 is 1.74 bits per heavy atom. The van der Waals surface area contributed by atoms with Gasteiger partial charge in [-0.25, -0.2) is 0 Å². The number of nitrogens with zero attached hydrogens (tertiary/aromatic N) is 4. The van der Waals surface area contributed by atoms with Gasteiger partial charge in [0, 0.05) is 63.7 Å². The highest BCUT2D eigenvalue weighted by atomic mass is 16.5. The van der Waals surface area contributed by atoms with Crippen molar-refractivity contribution in [3.05, 3.63) is 59.2 Å². The molecule has 3 aliphatic heterocycles. The van der Waals surface area contributed by atoms with Crippen LogP contribution in [0, 0.1) is 0 Å². The molecule has 0 spiro atoms. The Kier molecular flexibility index (Phi) is 9.17. The fraction of sp³-hybridized carbons (Fsp3) is 0.548. The average Bonchev–Trinajstić information content (AvgIpc) is 2.98. The number of anilines is 1. The first kappa shape index (κ1) is 27.6. The molecule has 0 saturated carbocycles. The summed E-state index contributed by atoms with van der Waals surface area (Å²) in [5, 5.41) is 6.27. The van der Waals surface area contributed by atoms with Gasteiger partial charge in [0.1, 0.15) is 18.2 Å². The Morgan fingerprint density at radius 1 is 0.949 bits per heavy atom. The maximum absolute atomic E-state index is 6.52. The average molecular weight is 534 g/mol. The molecule has 39 heavy (non-hydrogen) atoms. The van der Waals surface area contributed by atoms with E-state index in [2.05, 4.69) is 39.0 Å². The lowest BCUT2D eigenvalue weighted by Gasteiger charge is -2.45. The molecule has 3 fully saturated rings. The van der Waals surface area contributed by atoms with E-state index >= 15 is 0 Å². The van der Waals surface area contributed by atoms with E-state index in [0.29, 0.717) is 18.2 Å². The van der Waals surface area contributed by atoms with Crippen molar-refractivity contribution in [3.63, 3.8) is 0 Å². The summed E-state index contributed by atoms with van der Waals surface area (Å²) in [7, 11) is 3.28. The summed E-state index contributed by atoms with van der Waals surface area (Å²) in [5.41, 5.74) is 11.5. The highest BCUT2D eigenvalue weighted by Crippen LogP contribution is 2.26. The van der Waals surface area contributed by atoms with Gasteiger partial charge in [-0.1, -0.05) is 18.6 Å². The van der Waals surface area contributed by atoms with Crippen LogP contribution in [-0.2, 0) is 11.3 Å². The Bertz CT molecular complexity index is 1140. The van der Waals surface area contributed by atoms with Crippen molar-refractivity contribution in [1.29, 1.82) is 0 Å². The fourth-order valence-electron chi connectivity index (χ4n) is 6.31. The lowest BCUT2D eigenvalue weighted by molar-refractivity contribution is -0.118. The number of hydrogen-bond acceptors (Lipinski definition) is 6. The molecular weight excluding hydrogens is 488 g/mol. The summed E-state index contributed by atoms with van der Waals surface area (Å²) in [5.74, 6) is 1.24. The van der Waals surface area contributed by atoms with Crippen LogP contribution in [0.3, 0.4) is 0 Å². The van der Waals surface area contributed by atoms with Crippen LogP contribution >= 0.6 is 0 Å². The number of hydrogen-bond donors (Lipinski definition) is 2. The van der Waals surface area contributed by atoms with E-state index in [1.165, 1.54) is 50.1 Å². The highest BCUT2D eigenvalue weighted by molar-refractivity contribution is 6.10. The number of methoxy groups -OCH3 is 2. The Hall–Kier alpha value is -2.94. The maximum atomic E-state index is 6.52. The van der Waals surface area contributed by atoms with E-state index in [1.54, 1.807) is 14.2 Å². The van der Waals surface area contributed by atoms with E-state index in [9.17, 15) is 0 Å². The molecule has 1 unspecified atom stereocenters. The minimum absolute atomic E-state index is 0.199. The predicted molar refractivity (Wildman–Crippen MR) is 158 cm³/mol. The van der Waals surface area contributed by atoms with Gasteiger partial charge in [0.05, 0.1) is 18.7 Å². The lowest BCUT2D eigenvalue weighted by atomic mass is 9.99. The number of nitrogens with two attached hydrogens (primary N) is 2. The van der Waals surface area contributed by atoms with Crippen LogP contribution in [0.2, 0.25) is 0 Å². The van der Waals surface area contributed by atoms with Gasteiger partial charge >= 0.3 is 0 Å². The molecule has 3 saturated heterocycles. The van der Waals surface area contributed by atoms with Crippen LogP contribution < -0.4 is 20.8 Å². The molecule has 210 valence electrons. The molecule has 0 aliphatic carbocycles. The topological polar surface area (TPSA) is 92.1 Å². The van der Waals surface area contributed by atoms with Gasteiger partial charge in [0.25, 0.3) is 0 Å². The summed E-state index contributed by atoms with van der Waals surface area (Å²) in [4.78, 5) is 12.7. The molecule has 0 bridgehead atoms. The zero-order valence-corrected chi connectivity index (χ0v) is 23.6. The van der Waals surface area contributed by atoms with Crippen molar-refractivity contribution in [2.24, 2.45) is 10.7 Å². The second-order valence-corrected chi connectivity index (χ2v) is 11.2. The van der Waals surface area contributed by atoms with Crippen LogP contribution in [0.25, 0.3) is 0 Å². The third kappa shape index (κ3) is 6.80.